The van der Waals surface area contributed by atoms with Crippen LogP contribution in [0.1, 0.15) is 46.5 Å². The van der Waals surface area contributed by atoms with Gasteiger partial charge in [-0.25, -0.2) is 0 Å². The summed E-state index contributed by atoms with van der Waals surface area (Å²) in [6.45, 7) is 9.80. The Hall–Kier alpha value is -0.540. The van der Waals surface area contributed by atoms with Gasteiger partial charge in [-0.2, -0.15) is 0 Å². The van der Waals surface area contributed by atoms with Gasteiger partial charge < -0.3 is 10.1 Å². The highest BCUT2D eigenvalue weighted by molar-refractivity contribution is 9.10. The molecule has 0 radical (unpaired) electrons. The van der Waals surface area contributed by atoms with Gasteiger partial charge in [-0.3, -0.25) is 0 Å². The zero-order valence-corrected chi connectivity index (χ0v) is 14.6. The Morgan fingerprint density at radius 2 is 1.80 bits per heavy atom. The van der Waals surface area contributed by atoms with Gasteiger partial charge >= 0.3 is 0 Å². The minimum atomic E-state index is 0.333. The van der Waals surface area contributed by atoms with Crippen molar-refractivity contribution in [3.8, 4) is 5.75 Å². The van der Waals surface area contributed by atoms with Crippen molar-refractivity contribution in [2.75, 3.05) is 19.7 Å². The van der Waals surface area contributed by atoms with E-state index in [0.717, 1.165) is 36.3 Å². The first-order valence-corrected chi connectivity index (χ1v) is 8.48. The van der Waals surface area contributed by atoms with E-state index >= 15 is 0 Å². The molecule has 0 aromatic heterocycles. The highest BCUT2D eigenvalue weighted by atomic mass is 79.9. The third kappa shape index (κ3) is 6.76. The first kappa shape index (κ1) is 17.5. The second-order valence-corrected chi connectivity index (χ2v) is 6.71. The van der Waals surface area contributed by atoms with Gasteiger partial charge in [-0.05, 0) is 55.5 Å². The van der Waals surface area contributed by atoms with Crippen LogP contribution < -0.4 is 10.1 Å². The Morgan fingerprint density at radius 3 is 2.40 bits per heavy atom. The lowest BCUT2D eigenvalue weighted by molar-refractivity contribution is 0.193. The van der Waals surface area contributed by atoms with Crippen LogP contribution in [-0.4, -0.2) is 19.7 Å². The van der Waals surface area contributed by atoms with Crippen molar-refractivity contribution in [3.63, 3.8) is 0 Å². The predicted molar refractivity (Wildman–Crippen MR) is 90.4 cm³/mol. The van der Waals surface area contributed by atoms with E-state index in [-0.39, 0.29) is 0 Å². The van der Waals surface area contributed by atoms with Crippen molar-refractivity contribution in [1.29, 1.82) is 0 Å². The molecule has 2 nitrogen and oxygen atoms in total. The van der Waals surface area contributed by atoms with Crippen LogP contribution in [0.4, 0.5) is 0 Å². The van der Waals surface area contributed by atoms with Gasteiger partial charge in [0.05, 0.1) is 6.61 Å². The van der Waals surface area contributed by atoms with Gasteiger partial charge in [0, 0.05) is 11.0 Å². The summed E-state index contributed by atoms with van der Waals surface area (Å²) in [5.74, 6) is 0.952. The van der Waals surface area contributed by atoms with Gasteiger partial charge in [-0.1, -0.05) is 43.1 Å². The smallest absolute Gasteiger partial charge is 0.119 e. The fourth-order valence-electron chi connectivity index (χ4n) is 2.42. The lowest BCUT2D eigenvalue weighted by atomic mass is 9.82. The molecule has 0 amide bonds. The maximum absolute atomic E-state index is 5.86. The quantitative estimate of drug-likeness (QED) is 0.603. The molecular formula is C17H28BrNO. The largest absolute Gasteiger partial charge is 0.494 e. The van der Waals surface area contributed by atoms with Crippen molar-refractivity contribution < 1.29 is 4.74 Å². The maximum Gasteiger partial charge on any atom is 0.119 e. The molecule has 0 bridgehead atoms. The molecule has 1 rings (SSSR count). The average Bonchev–Trinajstić information content (AvgIpc) is 2.42. The van der Waals surface area contributed by atoms with Crippen LogP contribution in [0.3, 0.4) is 0 Å². The van der Waals surface area contributed by atoms with Crippen LogP contribution in [0.5, 0.6) is 5.75 Å². The Bertz CT molecular complexity index is 366. The standard InChI is InChI=1S/C17H28BrNO/c1-4-10-17(3,14-19-12-5-2)11-13-20-16-8-6-15(18)7-9-16/h6-9,19H,4-5,10-14H2,1-3H3. The van der Waals surface area contributed by atoms with Crippen molar-refractivity contribution in [1.82, 2.24) is 5.32 Å². The number of halogens is 1. The molecule has 1 atom stereocenters. The van der Waals surface area contributed by atoms with E-state index in [1.807, 2.05) is 24.3 Å². The van der Waals surface area contributed by atoms with Crippen LogP contribution in [0, 0.1) is 5.41 Å². The molecule has 0 aliphatic heterocycles. The third-order valence-electron chi connectivity index (χ3n) is 3.62. The Morgan fingerprint density at radius 1 is 1.10 bits per heavy atom. The number of nitrogens with one attached hydrogen (secondary N) is 1. The Balaban J connectivity index is 2.39. The molecule has 0 heterocycles. The molecule has 0 aliphatic carbocycles. The molecule has 114 valence electrons. The summed E-state index contributed by atoms with van der Waals surface area (Å²) in [5.41, 5.74) is 0.333. The van der Waals surface area contributed by atoms with Gasteiger partial charge in [0.25, 0.3) is 0 Å². The Kier molecular flexibility index (Phi) is 8.24. The molecule has 0 saturated heterocycles. The van der Waals surface area contributed by atoms with Gasteiger partial charge in [-0.15, -0.1) is 0 Å². The number of ether oxygens (including phenoxy) is 1. The van der Waals surface area contributed by atoms with E-state index in [0.29, 0.717) is 5.41 Å². The minimum absolute atomic E-state index is 0.333. The zero-order chi connectivity index (χ0) is 14.8. The first-order valence-electron chi connectivity index (χ1n) is 7.69. The van der Waals surface area contributed by atoms with Crippen molar-refractivity contribution in [2.24, 2.45) is 5.41 Å². The van der Waals surface area contributed by atoms with Gasteiger partial charge in [0.1, 0.15) is 5.75 Å². The SMILES string of the molecule is CCCNCC(C)(CCC)CCOc1ccc(Br)cc1. The molecular weight excluding hydrogens is 314 g/mol. The molecule has 0 fully saturated rings. The first-order chi connectivity index (χ1) is 9.59. The van der Waals surface area contributed by atoms with Crippen molar-refractivity contribution in [3.05, 3.63) is 28.7 Å². The lowest BCUT2D eigenvalue weighted by Gasteiger charge is -2.29. The van der Waals surface area contributed by atoms with E-state index in [9.17, 15) is 0 Å². The summed E-state index contributed by atoms with van der Waals surface area (Å²) in [4.78, 5) is 0. The second kappa shape index (κ2) is 9.41. The number of hydrogen-bond donors (Lipinski definition) is 1. The third-order valence-corrected chi connectivity index (χ3v) is 4.15. The summed E-state index contributed by atoms with van der Waals surface area (Å²) in [7, 11) is 0. The summed E-state index contributed by atoms with van der Waals surface area (Å²) in [5, 5.41) is 3.55. The van der Waals surface area contributed by atoms with Crippen molar-refractivity contribution in [2.45, 2.75) is 46.5 Å². The molecule has 3 heteroatoms. The second-order valence-electron chi connectivity index (χ2n) is 5.79. The summed E-state index contributed by atoms with van der Waals surface area (Å²) in [6.07, 6.45) is 4.75. The van der Waals surface area contributed by atoms with Gasteiger partial charge in [0.2, 0.25) is 0 Å². The van der Waals surface area contributed by atoms with Crippen molar-refractivity contribution >= 4 is 15.9 Å². The fraction of sp³-hybridized carbons (Fsp3) is 0.647. The topological polar surface area (TPSA) is 21.3 Å². The maximum atomic E-state index is 5.86. The number of hydrogen-bond acceptors (Lipinski definition) is 2. The molecule has 1 N–H and O–H groups in total. The summed E-state index contributed by atoms with van der Waals surface area (Å²) < 4.78 is 6.95. The van der Waals surface area contributed by atoms with Crippen LogP contribution in [-0.2, 0) is 0 Å². The Labute approximate surface area is 132 Å². The molecule has 1 unspecified atom stereocenters. The molecule has 20 heavy (non-hydrogen) atoms. The molecule has 1 aromatic rings. The number of rotatable bonds is 10. The normalized spacial score (nSPS) is 14.0. The molecule has 0 spiro atoms. The van der Waals surface area contributed by atoms with E-state index in [4.69, 9.17) is 4.74 Å². The zero-order valence-electron chi connectivity index (χ0n) is 13.0. The predicted octanol–water partition coefficient (Wildman–Crippen LogP) is 5.02. The van der Waals surface area contributed by atoms with Crippen LogP contribution in [0.15, 0.2) is 28.7 Å². The highest BCUT2D eigenvalue weighted by Gasteiger charge is 2.22. The molecule has 0 aliphatic rings. The average molecular weight is 342 g/mol. The van der Waals surface area contributed by atoms with Gasteiger partial charge in [0.15, 0.2) is 0 Å². The monoisotopic (exact) mass is 341 g/mol. The van der Waals surface area contributed by atoms with E-state index in [1.165, 1.54) is 19.3 Å². The summed E-state index contributed by atoms with van der Waals surface area (Å²) in [6, 6.07) is 8.06. The highest BCUT2D eigenvalue weighted by Crippen LogP contribution is 2.27. The molecule has 0 saturated carbocycles. The van der Waals surface area contributed by atoms with Crippen LogP contribution >= 0.6 is 15.9 Å². The number of benzene rings is 1. The lowest BCUT2D eigenvalue weighted by Crippen LogP contribution is -2.33. The summed E-state index contributed by atoms with van der Waals surface area (Å²) >= 11 is 3.44. The van der Waals surface area contributed by atoms with E-state index in [1.54, 1.807) is 0 Å². The van der Waals surface area contributed by atoms with Crippen LogP contribution in [0.2, 0.25) is 0 Å². The molecule has 1 aromatic carbocycles. The fourth-order valence-corrected chi connectivity index (χ4v) is 2.68. The van der Waals surface area contributed by atoms with E-state index in [2.05, 4.69) is 42.0 Å². The minimum Gasteiger partial charge on any atom is -0.494 e. The van der Waals surface area contributed by atoms with E-state index < -0.39 is 0 Å². The van der Waals surface area contributed by atoms with Crippen LogP contribution in [0.25, 0.3) is 0 Å².